The van der Waals surface area contributed by atoms with Crippen LogP contribution in [0.4, 0.5) is 4.79 Å². The van der Waals surface area contributed by atoms with Gasteiger partial charge >= 0.3 is 6.03 Å². The molecule has 0 fully saturated rings. The summed E-state index contributed by atoms with van der Waals surface area (Å²) in [5, 5.41) is 8.20. The molecule has 0 aromatic carbocycles. The van der Waals surface area contributed by atoms with Gasteiger partial charge in [-0.05, 0) is 0 Å². The third-order valence-corrected chi connectivity index (χ3v) is 0.258. The summed E-state index contributed by atoms with van der Waals surface area (Å²) >= 11 is 0. The van der Waals surface area contributed by atoms with E-state index in [1.54, 1.807) is 5.32 Å². The van der Waals surface area contributed by atoms with Crippen LogP contribution in [0.2, 0.25) is 0 Å². The van der Waals surface area contributed by atoms with E-state index in [9.17, 15) is 4.79 Å². The average molecular weight is 166 g/mol. The summed E-state index contributed by atoms with van der Waals surface area (Å²) < 4.78 is 0. The fourth-order valence-corrected chi connectivity index (χ4v) is 0.133. The van der Waals surface area contributed by atoms with Gasteiger partial charge in [0, 0.05) is 17.1 Å². The number of amides is 2. The number of nitrogens with one attached hydrogen (secondary N) is 2. The van der Waals surface area contributed by atoms with E-state index < -0.39 is 12.0 Å². The van der Waals surface area contributed by atoms with Crippen molar-refractivity contribution in [2.75, 3.05) is 0 Å². The van der Waals surface area contributed by atoms with Gasteiger partial charge in [0.1, 0.15) is 0 Å². The maximum absolute atomic E-state index is 9.70. The summed E-state index contributed by atoms with van der Waals surface area (Å²) in [6, 6.07) is -0.812. The largest absolute Gasteiger partial charge is 0.370 e. The molecule has 6 heteroatoms. The zero-order valence-corrected chi connectivity index (χ0v) is 4.81. The molecule has 0 aliphatic heterocycles. The molecule has 51 valence electrons. The second-order valence-electron chi connectivity index (χ2n) is 0.903. The number of nitrogens with two attached hydrogens (primary N) is 2. The molecule has 6 N–H and O–H groups in total. The fourth-order valence-electron chi connectivity index (χ4n) is 0.133. The van der Waals surface area contributed by atoms with E-state index in [2.05, 4.69) is 11.5 Å². The zero-order valence-electron chi connectivity index (χ0n) is 3.86. The predicted octanol–water partition coefficient (Wildman–Crippen LogP) is -1.45. The summed E-state index contributed by atoms with van der Waals surface area (Å²) in [7, 11) is 0. The van der Waals surface area contributed by atoms with E-state index in [1.807, 2.05) is 0 Å². The molecule has 5 nitrogen and oxygen atoms in total. The standard InChI is InChI=1S/C2H6N4O.Cu/c3-1(4)6-2(5)7;/h(H6,3,4,5,6,7);. The van der Waals surface area contributed by atoms with Crippen molar-refractivity contribution in [2.24, 2.45) is 11.5 Å². The van der Waals surface area contributed by atoms with Crippen molar-refractivity contribution in [3.8, 4) is 0 Å². The Morgan fingerprint density at radius 3 is 1.88 bits per heavy atom. The summed E-state index contributed by atoms with van der Waals surface area (Å²) in [4.78, 5) is 9.70. The van der Waals surface area contributed by atoms with Crippen molar-refractivity contribution in [3.63, 3.8) is 0 Å². The van der Waals surface area contributed by atoms with Gasteiger partial charge in [0.25, 0.3) is 0 Å². The molecule has 1 radical (unpaired) electrons. The van der Waals surface area contributed by atoms with Crippen molar-refractivity contribution < 1.29 is 21.9 Å². The molecule has 2 amide bonds. The van der Waals surface area contributed by atoms with Gasteiger partial charge in [-0.1, -0.05) is 0 Å². The van der Waals surface area contributed by atoms with E-state index in [-0.39, 0.29) is 17.1 Å². The first-order chi connectivity index (χ1) is 3.13. The topological polar surface area (TPSA) is 105 Å². The molecule has 0 aromatic rings. The molecule has 0 saturated heterocycles. The smallest absolute Gasteiger partial charge is 0.318 e. The maximum atomic E-state index is 9.70. The number of carbonyl (C=O) groups is 1. The Hall–Kier alpha value is -0.741. The molecule has 0 atom stereocenters. The third kappa shape index (κ3) is 8.98. The van der Waals surface area contributed by atoms with E-state index in [0.717, 1.165) is 0 Å². The molecular formula is C2H6CuN4O. The normalized spacial score (nSPS) is 6.50. The quantitative estimate of drug-likeness (QED) is 0.200. The van der Waals surface area contributed by atoms with Crippen LogP contribution >= 0.6 is 0 Å². The number of carbonyl (C=O) groups excluding carboxylic acids is 1. The Balaban J connectivity index is 0. The molecule has 0 aromatic heterocycles. The molecule has 0 unspecified atom stereocenters. The first-order valence-corrected chi connectivity index (χ1v) is 1.53. The first-order valence-electron chi connectivity index (χ1n) is 1.53. The molecule has 0 aliphatic rings. The second kappa shape index (κ2) is 4.42. The molecule has 0 bridgehead atoms. The van der Waals surface area contributed by atoms with Crippen LogP contribution in [0.1, 0.15) is 0 Å². The SMILES string of the molecule is N=C(N)NC(N)=O.[Cu]. The third-order valence-electron chi connectivity index (χ3n) is 0.258. The van der Waals surface area contributed by atoms with Crippen molar-refractivity contribution in [1.82, 2.24) is 5.32 Å². The number of hydrogen-bond donors (Lipinski definition) is 4. The van der Waals surface area contributed by atoms with Gasteiger partial charge in [-0.2, -0.15) is 0 Å². The minimum absolute atomic E-state index is 0. The van der Waals surface area contributed by atoms with E-state index in [1.165, 1.54) is 0 Å². The van der Waals surface area contributed by atoms with Crippen molar-refractivity contribution in [2.45, 2.75) is 0 Å². The Labute approximate surface area is 56.8 Å². The van der Waals surface area contributed by atoms with Crippen LogP contribution < -0.4 is 16.8 Å². The number of rotatable bonds is 0. The van der Waals surface area contributed by atoms with Crippen LogP contribution in [0.3, 0.4) is 0 Å². The number of urea groups is 1. The Morgan fingerprint density at radius 2 is 1.88 bits per heavy atom. The van der Waals surface area contributed by atoms with Crippen molar-refractivity contribution >= 4 is 12.0 Å². The van der Waals surface area contributed by atoms with Gasteiger partial charge in [0.2, 0.25) is 0 Å². The summed E-state index contributed by atoms with van der Waals surface area (Å²) in [5.41, 5.74) is 9.19. The number of guanidine groups is 1. The molecule has 0 heterocycles. The van der Waals surface area contributed by atoms with Crippen LogP contribution in [0, 0.1) is 5.41 Å². The van der Waals surface area contributed by atoms with Gasteiger partial charge in [-0.3, -0.25) is 10.7 Å². The van der Waals surface area contributed by atoms with Gasteiger partial charge < -0.3 is 11.5 Å². The van der Waals surface area contributed by atoms with Crippen molar-refractivity contribution in [1.29, 1.82) is 5.41 Å². The van der Waals surface area contributed by atoms with Gasteiger partial charge in [-0.25, -0.2) is 4.79 Å². The number of primary amides is 1. The molecule has 8 heavy (non-hydrogen) atoms. The molecular weight excluding hydrogens is 160 g/mol. The van der Waals surface area contributed by atoms with E-state index in [4.69, 9.17) is 5.41 Å². The second-order valence-corrected chi connectivity index (χ2v) is 0.903. The first kappa shape index (κ1) is 10.3. The minimum Gasteiger partial charge on any atom is -0.370 e. The van der Waals surface area contributed by atoms with Crippen LogP contribution in [0.25, 0.3) is 0 Å². The van der Waals surface area contributed by atoms with Gasteiger partial charge in [0.05, 0.1) is 0 Å². The predicted molar refractivity (Wildman–Crippen MR) is 24.6 cm³/mol. The zero-order chi connectivity index (χ0) is 5.86. The van der Waals surface area contributed by atoms with Gasteiger partial charge in [0.15, 0.2) is 5.96 Å². The Kier molecular flexibility index (Phi) is 5.68. The summed E-state index contributed by atoms with van der Waals surface area (Å²) in [6.45, 7) is 0. The van der Waals surface area contributed by atoms with Crippen molar-refractivity contribution in [3.05, 3.63) is 0 Å². The molecule has 0 saturated carbocycles. The van der Waals surface area contributed by atoms with Crippen LogP contribution in [0.15, 0.2) is 0 Å². The molecule has 0 rings (SSSR count). The molecule has 0 aliphatic carbocycles. The molecule has 0 spiro atoms. The van der Waals surface area contributed by atoms with Crippen LogP contribution in [-0.2, 0) is 17.1 Å². The van der Waals surface area contributed by atoms with E-state index in [0.29, 0.717) is 0 Å². The van der Waals surface area contributed by atoms with Gasteiger partial charge in [-0.15, -0.1) is 0 Å². The maximum Gasteiger partial charge on any atom is 0.318 e. The van der Waals surface area contributed by atoms with E-state index >= 15 is 0 Å². The minimum atomic E-state index is -0.812. The van der Waals surface area contributed by atoms with Crippen LogP contribution in [0.5, 0.6) is 0 Å². The fraction of sp³-hybridized carbons (Fsp3) is 0. The Bertz CT molecular complexity index is 90.2. The monoisotopic (exact) mass is 165 g/mol. The average Bonchev–Trinajstić information content (AvgIpc) is 1.27. The summed E-state index contributed by atoms with van der Waals surface area (Å²) in [5.74, 6) is -0.437. The Morgan fingerprint density at radius 1 is 1.50 bits per heavy atom. The number of hydrogen-bond acceptors (Lipinski definition) is 2. The summed E-state index contributed by atoms with van der Waals surface area (Å²) in [6.07, 6.45) is 0. The van der Waals surface area contributed by atoms with Crippen LogP contribution in [-0.4, -0.2) is 12.0 Å².